The van der Waals surface area contributed by atoms with Crippen molar-refractivity contribution >= 4 is 0 Å². The second-order valence-corrected chi connectivity index (χ2v) is 10.2. The lowest BCUT2D eigenvalue weighted by Gasteiger charge is -2.18. The zero-order valence-electron chi connectivity index (χ0n) is 21.4. The van der Waals surface area contributed by atoms with Crippen LogP contribution in [0.2, 0.25) is 0 Å². The zero-order chi connectivity index (χ0) is 21.4. The third-order valence-corrected chi connectivity index (χ3v) is 7.18. The summed E-state index contributed by atoms with van der Waals surface area (Å²) in [5.74, 6) is 1.95. The van der Waals surface area contributed by atoms with Crippen molar-refractivity contribution in [1.29, 1.82) is 0 Å². The molecule has 2 atom stereocenters. The van der Waals surface area contributed by atoms with Crippen LogP contribution < -0.4 is 0 Å². The van der Waals surface area contributed by atoms with Gasteiger partial charge in [-0.15, -0.1) is 0 Å². The summed E-state index contributed by atoms with van der Waals surface area (Å²) in [6.07, 6.45) is 33.8. The van der Waals surface area contributed by atoms with E-state index in [4.69, 9.17) is 0 Å². The first-order valence-electron chi connectivity index (χ1n) is 14.2. The average Bonchev–Trinajstić information content (AvgIpc) is 2.73. The molecule has 29 heavy (non-hydrogen) atoms. The van der Waals surface area contributed by atoms with Gasteiger partial charge >= 0.3 is 0 Å². The van der Waals surface area contributed by atoms with Gasteiger partial charge in [0.25, 0.3) is 0 Å². The number of rotatable bonds is 24. The fourth-order valence-electron chi connectivity index (χ4n) is 4.72. The van der Waals surface area contributed by atoms with Crippen LogP contribution in [0.25, 0.3) is 0 Å². The summed E-state index contributed by atoms with van der Waals surface area (Å²) in [7, 11) is 0. The molecule has 0 heteroatoms. The van der Waals surface area contributed by atoms with Gasteiger partial charge in [-0.1, -0.05) is 175 Å². The Bertz CT molecular complexity index is 282. The predicted octanol–water partition coefficient (Wildman–Crippen LogP) is 11.3. The van der Waals surface area contributed by atoms with Gasteiger partial charge < -0.3 is 0 Å². The second kappa shape index (κ2) is 24.3. The van der Waals surface area contributed by atoms with Crippen molar-refractivity contribution in [3.63, 3.8) is 0 Å². The predicted molar refractivity (Wildman–Crippen MR) is 136 cm³/mol. The van der Waals surface area contributed by atoms with Crippen LogP contribution >= 0.6 is 0 Å². The molecule has 176 valence electrons. The highest BCUT2D eigenvalue weighted by atomic mass is 14.2. The van der Waals surface area contributed by atoms with Gasteiger partial charge in [0.15, 0.2) is 0 Å². The fourth-order valence-corrected chi connectivity index (χ4v) is 4.72. The van der Waals surface area contributed by atoms with Crippen LogP contribution in [-0.4, -0.2) is 0 Å². The maximum atomic E-state index is 2.43. The van der Waals surface area contributed by atoms with E-state index in [-0.39, 0.29) is 0 Å². The Morgan fingerprint density at radius 2 is 0.793 bits per heavy atom. The first-order valence-corrected chi connectivity index (χ1v) is 14.2. The highest BCUT2D eigenvalue weighted by Crippen LogP contribution is 2.24. The molecule has 0 heterocycles. The Balaban J connectivity index is 3.29. The van der Waals surface area contributed by atoms with Gasteiger partial charge in [-0.25, -0.2) is 0 Å². The van der Waals surface area contributed by atoms with E-state index in [2.05, 4.69) is 27.7 Å². The molecule has 0 fully saturated rings. The van der Waals surface area contributed by atoms with E-state index < -0.39 is 0 Å². The Morgan fingerprint density at radius 3 is 1.17 bits per heavy atom. The molecule has 0 rings (SSSR count). The lowest BCUT2D eigenvalue weighted by molar-refractivity contribution is 0.351. The summed E-state index contributed by atoms with van der Waals surface area (Å²) in [6.45, 7) is 9.44. The van der Waals surface area contributed by atoms with Gasteiger partial charge in [-0.2, -0.15) is 0 Å². The molecule has 0 spiro atoms. The normalized spacial score (nSPS) is 13.7. The van der Waals surface area contributed by atoms with Crippen molar-refractivity contribution in [2.45, 2.75) is 175 Å². The van der Waals surface area contributed by atoms with Crippen LogP contribution in [0.5, 0.6) is 0 Å². The highest BCUT2D eigenvalue weighted by Gasteiger charge is 2.09. The second-order valence-electron chi connectivity index (χ2n) is 10.2. The molecule has 0 saturated carbocycles. The van der Waals surface area contributed by atoms with Crippen molar-refractivity contribution in [3.8, 4) is 0 Å². The van der Waals surface area contributed by atoms with Crippen molar-refractivity contribution in [1.82, 2.24) is 0 Å². The Kier molecular flexibility index (Phi) is 24.3. The molecule has 0 aromatic carbocycles. The first-order chi connectivity index (χ1) is 14.2. The van der Waals surface area contributed by atoms with Crippen molar-refractivity contribution in [2.75, 3.05) is 0 Å². The fraction of sp³-hybridized carbons (Fsp3) is 1.00. The standard InChI is InChI=1S/C29H60/c1-5-8-9-10-11-12-13-14-15-16-17-18-19-20-21-22-23-25-29(24-6-2)27-26-28(4)7-3/h28-29H,5-27H2,1-4H3. The van der Waals surface area contributed by atoms with E-state index in [9.17, 15) is 0 Å². The smallest absolute Gasteiger partial charge is 0.0414 e. The van der Waals surface area contributed by atoms with Crippen LogP contribution in [0.15, 0.2) is 0 Å². The molecule has 0 aromatic rings. The Hall–Kier alpha value is 0. The van der Waals surface area contributed by atoms with E-state index in [0.717, 1.165) is 11.8 Å². The molecule has 0 N–H and O–H groups in total. The molecule has 0 amide bonds. The molecule has 0 bridgehead atoms. The lowest BCUT2D eigenvalue weighted by Crippen LogP contribution is -2.03. The summed E-state index contributed by atoms with van der Waals surface area (Å²) in [5.41, 5.74) is 0. The largest absolute Gasteiger partial charge is 0.0654 e. The summed E-state index contributed by atoms with van der Waals surface area (Å²) in [6, 6.07) is 0. The minimum atomic E-state index is 0.935. The summed E-state index contributed by atoms with van der Waals surface area (Å²) < 4.78 is 0. The van der Waals surface area contributed by atoms with Crippen LogP contribution in [0.1, 0.15) is 175 Å². The van der Waals surface area contributed by atoms with Gasteiger partial charge in [-0.05, 0) is 11.8 Å². The SMILES string of the molecule is CCCCCCCCCCCCCCCCCCCC(CCC)CCC(C)CC. The van der Waals surface area contributed by atoms with E-state index in [1.165, 1.54) is 148 Å². The average molecular weight is 409 g/mol. The summed E-state index contributed by atoms with van der Waals surface area (Å²) >= 11 is 0. The molecular formula is C29H60. The van der Waals surface area contributed by atoms with Crippen LogP contribution in [-0.2, 0) is 0 Å². The number of unbranched alkanes of at least 4 members (excludes halogenated alkanes) is 16. The molecule has 0 aliphatic heterocycles. The van der Waals surface area contributed by atoms with Gasteiger partial charge in [0, 0.05) is 0 Å². The van der Waals surface area contributed by atoms with Crippen molar-refractivity contribution in [2.24, 2.45) is 11.8 Å². The zero-order valence-corrected chi connectivity index (χ0v) is 21.4. The molecule has 0 radical (unpaired) electrons. The first kappa shape index (κ1) is 29.0. The minimum absolute atomic E-state index is 0.935. The van der Waals surface area contributed by atoms with Crippen molar-refractivity contribution < 1.29 is 0 Å². The third-order valence-electron chi connectivity index (χ3n) is 7.18. The molecule has 0 nitrogen and oxygen atoms in total. The molecule has 0 aliphatic rings. The minimum Gasteiger partial charge on any atom is -0.0654 e. The molecular weight excluding hydrogens is 348 g/mol. The van der Waals surface area contributed by atoms with Gasteiger partial charge in [0.05, 0.1) is 0 Å². The lowest BCUT2D eigenvalue weighted by atomic mass is 9.88. The van der Waals surface area contributed by atoms with E-state index in [0.29, 0.717) is 0 Å². The number of hydrogen-bond donors (Lipinski definition) is 0. The van der Waals surface area contributed by atoms with Crippen LogP contribution in [0.3, 0.4) is 0 Å². The summed E-state index contributed by atoms with van der Waals surface area (Å²) in [4.78, 5) is 0. The third kappa shape index (κ3) is 22.5. The van der Waals surface area contributed by atoms with Gasteiger partial charge in [-0.3, -0.25) is 0 Å². The molecule has 0 saturated heterocycles. The van der Waals surface area contributed by atoms with E-state index in [1.54, 1.807) is 0 Å². The topological polar surface area (TPSA) is 0 Å². The van der Waals surface area contributed by atoms with E-state index in [1.807, 2.05) is 0 Å². The molecule has 0 aliphatic carbocycles. The quantitative estimate of drug-likeness (QED) is 0.139. The van der Waals surface area contributed by atoms with E-state index >= 15 is 0 Å². The molecule has 2 unspecified atom stereocenters. The van der Waals surface area contributed by atoms with Crippen LogP contribution in [0.4, 0.5) is 0 Å². The van der Waals surface area contributed by atoms with Gasteiger partial charge in [0.1, 0.15) is 0 Å². The Morgan fingerprint density at radius 1 is 0.379 bits per heavy atom. The monoisotopic (exact) mass is 408 g/mol. The molecule has 0 aromatic heterocycles. The maximum Gasteiger partial charge on any atom is -0.0414 e. The Labute approximate surface area is 187 Å². The maximum absolute atomic E-state index is 2.43. The number of hydrogen-bond acceptors (Lipinski definition) is 0. The van der Waals surface area contributed by atoms with Crippen molar-refractivity contribution in [3.05, 3.63) is 0 Å². The highest BCUT2D eigenvalue weighted by molar-refractivity contribution is 4.62. The van der Waals surface area contributed by atoms with Gasteiger partial charge in [0.2, 0.25) is 0 Å². The summed E-state index contributed by atoms with van der Waals surface area (Å²) in [5, 5.41) is 0. The van der Waals surface area contributed by atoms with Crippen LogP contribution in [0, 0.1) is 11.8 Å².